The number of amides is 1. The molecule has 1 N–H and O–H groups in total. The minimum atomic E-state index is -1.08. The lowest BCUT2D eigenvalue weighted by Crippen LogP contribution is -2.33. The first-order chi connectivity index (χ1) is 9.97. The van der Waals surface area contributed by atoms with E-state index in [1.165, 1.54) is 0 Å². The molecule has 0 atom stereocenters. The van der Waals surface area contributed by atoms with E-state index in [9.17, 15) is 9.59 Å². The normalized spacial score (nSPS) is 17.7. The Morgan fingerprint density at radius 1 is 1.38 bits per heavy atom. The lowest BCUT2D eigenvalue weighted by atomic mass is 10.1. The minimum absolute atomic E-state index is 0.279. The lowest BCUT2D eigenvalue weighted by Gasteiger charge is -2.10. The van der Waals surface area contributed by atoms with Gasteiger partial charge in [0.05, 0.1) is 4.91 Å². The highest BCUT2D eigenvalue weighted by atomic mass is 32.2. The van der Waals surface area contributed by atoms with E-state index in [2.05, 4.69) is 0 Å². The fourth-order valence-electron chi connectivity index (χ4n) is 1.83. The van der Waals surface area contributed by atoms with E-state index in [0.29, 0.717) is 4.91 Å². The predicted molar refractivity (Wildman–Crippen MR) is 87.7 cm³/mol. The maximum Gasteiger partial charge on any atom is 0.323 e. The number of hydrogen-bond acceptors (Lipinski definition) is 4. The van der Waals surface area contributed by atoms with Gasteiger partial charge in [0.1, 0.15) is 10.9 Å². The van der Waals surface area contributed by atoms with E-state index in [0.717, 1.165) is 27.8 Å². The maximum atomic E-state index is 12.1. The Bertz CT molecular complexity index is 650. The van der Waals surface area contributed by atoms with Gasteiger partial charge >= 0.3 is 5.97 Å². The molecule has 1 saturated heterocycles. The summed E-state index contributed by atoms with van der Waals surface area (Å²) in [5.41, 5.74) is 1.93. The number of carbonyl (C=O) groups is 2. The number of carboxylic acids is 1. The van der Waals surface area contributed by atoms with Crippen LogP contribution in [0.1, 0.15) is 12.5 Å². The van der Waals surface area contributed by atoms with Crippen molar-refractivity contribution in [1.29, 1.82) is 0 Å². The SMILES string of the molecule is CC(=Cc1ccccc1)/C=C1/SC(=S)N(CC(=O)O)C1=O. The number of thiocarbonyl (C=S) groups is 1. The summed E-state index contributed by atoms with van der Waals surface area (Å²) in [5, 5.41) is 8.78. The van der Waals surface area contributed by atoms with E-state index in [4.69, 9.17) is 17.3 Å². The van der Waals surface area contributed by atoms with Crippen LogP contribution in [0.15, 0.2) is 46.9 Å². The first-order valence-electron chi connectivity index (χ1n) is 6.18. The molecule has 1 aromatic carbocycles. The van der Waals surface area contributed by atoms with Crippen LogP contribution in [0.2, 0.25) is 0 Å². The van der Waals surface area contributed by atoms with Crippen LogP contribution < -0.4 is 0 Å². The van der Waals surface area contributed by atoms with Crippen LogP contribution >= 0.6 is 24.0 Å². The van der Waals surface area contributed by atoms with Gasteiger partial charge in [-0.05, 0) is 24.1 Å². The Hall–Kier alpha value is -1.92. The number of carbonyl (C=O) groups excluding carboxylic acids is 1. The molecule has 1 aliphatic rings. The van der Waals surface area contributed by atoms with Crippen molar-refractivity contribution in [2.45, 2.75) is 6.92 Å². The zero-order valence-electron chi connectivity index (χ0n) is 11.3. The Labute approximate surface area is 132 Å². The van der Waals surface area contributed by atoms with E-state index < -0.39 is 12.5 Å². The molecule has 1 aromatic rings. The summed E-state index contributed by atoms with van der Waals surface area (Å²) in [4.78, 5) is 24.4. The zero-order chi connectivity index (χ0) is 15.4. The Balaban J connectivity index is 2.18. The van der Waals surface area contributed by atoms with Crippen LogP contribution in [0.4, 0.5) is 0 Å². The molecule has 1 aliphatic heterocycles. The van der Waals surface area contributed by atoms with Gasteiger partial charge < -0.3 is 5.11 Å². The molecule has 0 aromatic heterocycles. The van der Waals surface area contributed by atoms with Gasteiger partial charge in [-0.1, -0.05) is 60.4 Å². The summed E-state index contributed by atoms with van der Waals surface area (Å²) in [7, 11) is 0. The van der Waals surface area contributed by atoms with Crippen molar-refractivity contribution in [3.63, 3.8) is 0 Å². The second-order valence-corrected chi connectivity index (χ2v) is 6.14. The highest BCUT2D eigenvalue weighted by Crippen LogP contribution is 2.31. The maximum absolute atomic E-state index is 12.1. The standard InChI is InChI=1S/C15H13NO3S2/c1-10(7-11-5-3-2-4-6-11)8-12-14(19)16(9-13(17)18)15(20)21-12/h2-8H,9H2,1H3,(H,17,18)/b10-7?,12-8+. The molecular formula is C15H13NO3S2. The largest absolute Gasteiger partial charge is 0.480 e. The summed E-state index contributed by atoms with van der Waals surface area (Å²) in [6.45, 7) is 1.49. The van der Waals surface area contributed by atoms with Gasteiger partial charge in [0.15, 0.2) is 0 Å². The molecule has 0 saturated carbocycles. The third-order valence-corrected chi connectivity index (χ3v) is 4.10. The van der Waals surface area contributed by atoms with Crippen molar-refractivity contribution >= 4 is 46.3 Å². The molecule has 0 spiro atoms. The van der Waals surface area contributed by atoms with Crippen LogP contribution in [0.25, 0.3) is 6.08 Å². The van der Waals surface area contributed by atoms with Gasteiger partial charge in [-0.3, -0.25) is 14.5 Å². The van der Waals surface area contributed by atoms with Crippen LogP contribution in [0.3, 0.4) is 0 Å². The van der Waals surface area contributed by atoms with Crippen molar-refractivity contribution in [1.82, 2.24) is 4.90 Å². The summed E-state index contributed by atoms with van der Waals surface area (Å²) in [6.07, 6.45) is 3.68. The quantitative estimate of drug-likeness (QED) is 0.683. The molecule has 0 aliphatic carbocycles. The lowest BCUT2D eigenvalue weighted by molar-refractivity contribution is -0.140. The summed E-state index contributed by atoms with van der Waals surface area (Å²) in [5.74, 6) is -1.43. The van der Waals surface area contributed by atoms with Crippen molar-refractivity contribution in [2.75, 3.05) is 6.54 Å². The fourth-order valence-corrected chi connectivity index (χ4v) is 3.14. The molecule has 0 bridgehead atoms. The summed E-state index contributed by atoms with van der Waals surface area (Å²) < 4.78 is 0.279. The average Bonchev–Trinajstić information content (AvgIpc) is 2.67. The zero-order valence-corrected chi connectivity index (χ0v) is 12.9. The minimum Gasteiger partial charge on any atom is -0.480 e. The number of hydrogen-bond donors (Lipinski definition) is 1. The fraction of sp³-hybridized carbons (Fsp3) is 0.133. The van der Waals surface area contributed by atoms with Gasteiger partial charge in [0, 0.05) is 0 Å². The smallest absolute Gasteiger partial charge is 0.323 e. The number of carboxylic acid groups (broad SMARTS) is 1. The molecule has 1 amide bonds. The molecule has 21 heavy (non-hydrogen) atoms. The monoisotopic (exact) mass is 319 g/mol. The van der Waals surface area contributed by atoms with Gasteiger partial charge in [-0.25, -0.2) is 0 Å². The first-order valence-corrected chi connectivity index (χ1v) is 7.40. The van der Waals surface area contributed by atoms with Crippen LogP contribution in [0.5, 0.6) is 0 Å². The van der Waals surface area contributed by atoms with Gasteiger partial charge in [-0.2, -0.15) is 0 Å². The van der Waals surface area contributed by atoms with Crippen LogP contribution in [-0.4, -0.2) is 32.7 Å². The number of thioether (sulfide) groups is 1. The topological polar surface area (TPSA) is 57.6 Å². The number of allylic oxidation sites excluding steroid dienone is 2. The second kappa shape index (κ2) is 6.69. The summed E-state index contributed by atoms with van der Waals surface area (Å²) in [6, 6.07) is 9.74. The first kappa shape index (κ1) is 15.5. The molecule has 4 nitrogen and oxygen atoms in total. The third kappa shape index (κ3) is 4.03. The predicted octanol–water partition coefficient (Wildman–Crippen LogP) is 2.92. The van der Waals surface area contributed by atoms with Crippen molar-refractivity contribution in [3.05, 3.63) is 52.4 Å². The number of nitrogens with zero attached hydrogens (tertiary/aromatic N) is 1. The second-order valence-electron chi connectivity index (χ2n) is 4.46. The molecule has 108 valence electrons. The molecule has 0 unspecified atom stereocenters. The molecule has 1 fully saturated rings. The van der Waals surface area contributed by atoms with E-state index >= 15 is 0 Å². The molecule has 1 heterocycles. The molecule has 0 radical (unpaired) electrons. The van der Waals surface area contributed by atoms with Crippen molar-refractivity contribution < 1.29 is 14.7 Å². The van der Waals surface area contributed by atoms with E-state index in [1.54, 1.807) is 6.08 Å². The summed E-state index contributed by atoms with van der Waals surface area (Å²) >= 11 is 6.17. The molecular weight excluding hydrogens is 306 g/mol. The number of benzene rings is 1. The Kier molecular flexibility index (Phi) is 4.93. The van der Waals surface area contributed by atoms with Gasteiger partial charge in [0.2, 0.25) is 0 Å². The van der Waals surface area contributed by atoms with Crippen molar-refractivity contribution in [2.24, 2.45) is 0 Å². The van der Waals surface area contributed by atoms with E-state index in [-0.39, 0.29) is 10.2 Å². The molecule has 2 rings (SSSR count). The number of rotatable bonds is 4. The highest BCUT2D eigenvalue weighted by molar-refractivity contribution is 8.26. The number of aliphatic carboxylic acids is 1. The van der Waals surface area contributed by atoms with Gasteiger partial charge in [0.25, 0.3) is 5.91 Å². The van der Waals surface area contributed by atoms with Gasteiger partial charge in [-0.15, -0.1) is 0 Å². The average molecular weight is 319 g/mol. The van der Waals surface area contributed by atoms with Crippen LogP contribution in [0, 0.1) is 0 Å². The Morgan fingerprint density at radius 2 is 2.05 bits per heavy atom. The Morgan fingerprint density at radius 3 is 2.67 bits per heavy atom. The van der Waals surface area contributed by atoms with Crippen LogP contribution in [-0.2, 0) is 9.59 Å². The van der Waals surface area contributed by atoms with E-state index in [1.807, 2.05) is 43.3 Å². The van der Waals surface area contributed by atoms with Crippen molar-refractivity contribution in [3.8, 4) is 0 Å². The molecule has 6 heteroatoms. The third-order valence-electron chi connectivity index (χ3n) is 2.72. The highest BCUT2D eigenvalue weighted by Gasteiger charge is 2.33.